The van der Waals surface area contributed by atoms with E-state index in [0.717, 1.165) is 25.9 Å². The molecule has 2 heterocycles. The van der Waals surface area contributed by atoms with Gasteiger partial charge in [0.2, 0.25) is 5.91 Å². The molecule has 0 bridgehead atoms. The first kappa shape index (κ1) is 13.2. The summed E-state index contributed by atoms with van der Waals surface area (Å²) in [5, 5.41) is 4.55. The maximum Gasteiger partial charge on any atom is 0.225 e. The number of amides is 1. The molecule has 0 unspecified atom stereocenters. The van der Waals surface area contributed by atoms with Gasteiger partial charge in [0.15, 0.2) is 5.15 Å². The molecule has 0 aromatic carbocycles. The number of likely N-dealkylation sites (tertiary alicyclic amines) is 1. The lowest BCUT2D eigenvalue weighted by Gasteiger charge is -2.33. The second-order valence-electron chi connectivity index (χ2n) is 5.07. The van der Waals surface area contributed by atoms with E-state index in [4.69, 9.17) is 17.3 Å². The lowest BCUT2D eigenvalue weighted by molar-refractivity contribution is -0.135. The Morgan fingerprint density at radius 1 is 1.50 bits per heavy atom. The molecule has 1 aromatic rings. The van der Waals surface area contributed by atoms with Crippen molar-refractivity contribution in [3.63, 3.8) is 0 Å². The third kappa shape index (κ3) is 2.61. The molecular weight excluding hydrogens is 252 g/mol. The number of piperidine rings is 1. The van der Waals surface area contributed by atoms with Gasteiger partial charge in [-0.15, -0.1) is 0 Å². The summed E-state index contributed by atoms with van der Waals surface area (Å²) in [6, 6.07) is 0.288. The maximum atomic E-state index is 11.9. The first-order chi connectivity index (χ1) is 8.49. The van der Waals surface area contributed by atoms with Crippen molar-refractivity contribution < 1.29 is 4.79 Å². The molecule has 1 amide bonds. The summed E-state index contributed by atoms with van der Waals surface area (Å²) in [6.45, 7) is 5.42. The van der Waals surface area contributed by atoms with Crippen LogP contribution < -0.4 is 5.73 Å². The van der Waals surface area contributed by atoms with Gasteiger partial charge in [-0.05, 0) is 12.8 Å². The fourth-order valence-electron chi connectivity index (χ4n) is 2.29. The first-order valence-electron chi connectivity index (χ1n) is 6.28. The molecule has 0 aliphatic carbocycles. The Balaban J connectivity index is 1.96. The molecule has 5 nitrogen and oxygen atoms in total. The van der Waals surface area contributed by atoms with Crippen molar-refractivity contribution >= 4 is 23.2 Å². The highest BCUT2D eigenvalue weighted by Gasteiger charge is 2.25. The Kier molecular flexibility index (Phi) is 3.80. The van der Waals surface area contributed by atoms with Crippen LogP contribution in [0.3, 0.4) is 0 Å². The smallest absolute Gasteiger partial charge is 0.225 e. The highest BCUT2D eigenvalue weighted by atomic mass is 35.5. The molecular formula is C12H19ClN4O. The minimum Gasteiger partial charge on any atom is -0.395 e. The molecule has 1 aromatic heterocycles. The van der Waals surface area contributed by atoms with E-state index < -0.39 is 0 Å². The van der Waals surface area contributed by atoms with Gasteiger partial charge in [0.1, 0.15) is 0 Å². The number of anilines is 1. The van der Waals surface area contributed by atoms with E-state index in [1.165, 1.54) is 0 Å². The molecule has 1 saturated heterocycles. The molecule has 0 saturated carbocycles. The van der Waals surface area contributed by atoms with Crippen molar-refractivity contribution in [1.29, 1.82) is 0 Å². The molecule has 0 radical (unpaired) electrons. The Bertz CT molecular complexity index is 416. The number of carbonyl (C=O) groups excluding carboxylic acids is 1. The number of nitrogens with zero attached hydrogens (tertiary/aromatic N) is 3. The molecule has 6 heteroatoms. The Morgan fingerprint density at radius 3 is 2.56 bits per heavy atom. The zero-order chi connectivity index (χ0) is 13.3. The number of nitrogens with two attached hydrogens (primary N) is 1. The van der Waals surface area contributed by atoms with Crippen LogP contribution in [0.5, 0.6) is 0 Å². The Hall–Kier alpha value is -1.23. The molecule has 100 valence electrons. The van der Waals surface area contributed by atoms with Crippen molar-refractivity contribution in [2.45, 2.75) is 32.7 Å². The molecule has 0 atom stereocenters. The largest absolute Gasteiger partial charge is 0.395 e. The average Bonchev–Trinajstić information content (AvgIpc) is 2.69. The van der Waals surface area contributed by atoms with Crippen LogP contribution in [0.2, 0.25) is 5.15 Å². The monoisotopic (exact) mass is 270 g/mol. The number of rotatable bonds is 2. The lowest BCUT2D eigenvalue weighted by atomic mass is 10.0. The third-order valence-corrected chi connectivity index (χ3v) is 3.65. The van der Waals surface area contributed by atoms with E-state index in [2.05, 4.69) is 5.10 Å². The first-order valence-corrected chi connectivity index (χ1v) is 6.65. The highest BCUT2D eigenvalue weighted by molar-refractivity contribution is 6.31. The van der Waals surface area contributed by atoms with Crippen LogP contribution in [0.25, 0.3) is 0 Å². The molecule has 18 heavy (non-hydrogen) atoms. The molecule has 0 spiro atoms. The van der Waals surface area contributed by atoms with E-state index in [9.17, 15) is 4.79 Å². The van der Waals surface area contributed by atoms with Crippen LogP contribution in [-0.4, -0.2) is 33.7 Å². The van der Waals surface area contributed by atoms with Crippen LogP contribution in [0.1, 0.15) is 32.7 Å². The standard InChI is InChI=1S/C12H19ClN4O/c1-8(2)12(18)16-5-3-9(4-6-16)17-7-10(14)11(13)15-17/h7-9H,3-6,14H2,1-2H3. The predicted octanol–water partition coefficient (Wildman–Crippen LogP) is 1.94. The van der Waals surface area contributed by atoms with Crippen LogP contribution in [-0.2, 0) is 4.79 Å². The van der Waals surface area contributed by atoms with Crippen molar-refractivity contribution in [3.05, 3.63) is 11.3 Å². The SMILES string of the molecule is CC(C)C(=O)N1CCC(n2cc(N)c(Cl)n2)CC1. The van der Waals surface area contributed by atoms with Gasteiger partial charge in [-0.1, -0.05) is 25.4 Å². The number of aromatic nitrogens is 2. The van der Waals surface area contributed by atoms with Crippen molar-refractivity contribution in [2.24, 2.45) is 5.92 Å². The topological polar surface area (TPSA) is 64.2 Å². The van der Waals surface area contributed by atoms with Crippen molar-refractivity contribution in [1.82, 2.24) is 14.7 Å². The molecule has 1 fully saturated rings. The molecule has 2 rings (SSSR count). The summed E-state index contributed by atoms with van der Waals surface area (Å²) in [7, 11) is 0. The van der Waals surface area contributed by atoms with E-state index >= 15 is 0 Å². The summed E-state index contributed by atoms with van der Waals surface area (Å²) in [4.78, 5) is 13.8. The highest BCUT2D eigenvalue weighted by Crippen LogP contribution is 2.26. The second-order valence-corrected chi connectivity index (χ2v) is 5.42. The van der Waals surface area contributed by atoms with Gasteiger partial charge in [-0.3, -0.25) is 9.48 Å². The fraction of sp³-hybridized carbons (Fsp3) is 0.667. The maximum absolute atomic E-state index is 11.9. The minimum atomic E-state index is 0.0661. The molecule has 1 aliphatic rings. The van der Waals surface area contributed by atoms with Crippen molar-refractivity contribution in [2.75, 3.05) is 18.8 Å². The van der Waals surface area contributed by atoms with Gasteiger partial charge in [0, 0.05) is 25.2 Å². The number of nitrogen functional groups attached to an aromatic ring is 1. The summed E-state index contributed by atoms with van der Waals surface area (Å²) in [6.07, 6.45) is 3.57. The van der Waals surface area contributed by atoms with Crippen molar-refractivity contribution in [3.8, 4) is 0 Å². The molecule has 1 aliphatic heterocycles. The number of hydrogen-bond acceptors (Lipinski definition) is 3. The van der Waals surface area contributed by atoms with Crippen LogP contribution in [0.15, 0.2) is 6.20 Å². The quantitative estimate of drug-likeness (QED) is 0.893. The van der Waals surface area contributed by atoms with E-state index in [-0.39, 0.29) is 17.9 Å². The predicted molar refractivity (Wildman–Crippen MR) is 71.3 cm³/mol. The summed E-state index contributed by atoms with van der Waals surface area (Å²) >= 11 is 5.85. The summed E-state index contributed by atoms with van der Waals surface area (Å²) < 4.78 is 1.83. The third-order valence-electron chi connectivity index (χ3n) is 3.36. The van der Waals surface area contributed by atoms with Gasteiger partial charge in [-0.25, -0.2) is 0 Å². The number of carbonyl (C=O) groups is 1. The van der Waals surface area contributed by atoms with Gasteiger partial charge in [-0.2, -0.15) is 5.10 Å². The zero-order valence-corrected chi connectivity index (χ0v) is 11.5. The van der Waals surface area contributed by atoms with Gasteiger partial charge >= 0.3 is 0 Å². The van der Waals surface area contributed by atoms with E-state index in [0.29, 0.717) is 10.8 Å². The summed E-state index contributed by atoms with van der Waals surface area (Å²) in [5.74, 6) is 0.294. The Labute approximate surface area is 112 Å². The second kappa shape index (κ2) is 5.18. The lowest BCUT2D eigenvalue weighted by Crippen LogP contribution is -2.41. The van der Waals surface area contributed by atoms with Gasteiger partial charge in [0.05, 0.1) is 11.7 Å². The van der Waals surface area contributed by atoms with E-state index in [1.54, 1.807) is 6.20 Å². The normalized spacial score (nSPS) is 17.4. The van der Waals surface area contributed by atoms with Gasteiger partial charge < -0.3 is 10.6 Å². The minimum absolute atomic E-state index is 0.0661. The Morgan fingerprint density at radius 2 is 2.11 bits per heavy atom. The van der Waals surface area contributed by atoms with E-state index in [1.807, 2.05) is 23.4 Å². The average molecular weight is 271 g/mol. The fourth-order valence-corrected chi connectivity index (χ4v) is 2.42. The van der Waals surface area contributed by atoms with Crippen LogP contribution >= 0.6 is 11.6 Å². The van der Waals surface area contributed by atoms with Gasteiger partial charge in [0.25, 0.3) is 0 Å². The van der Waals surface area contributed by atoms with Crippen LogP contribution in [0.4, 0.5) is 5.69 Å². The van der Waals surface area contributed by atoms with Crippen LogP contribution in [0, 0.1) is 5.92 Å². The number of halogens is 1. The number of hydrogen-bond donors (Lipinski definition) is 1. The zero-order valence-electron chi connectivity index (χ0n) is 10.8. The molecule has 2 N–H and O–H groups in total. The summed E-state index contributed by atoms with van der Waals surface area (Å²) in [5.41, 5.74) is 6.19.